The topological polar surface area (TPSA) is 51.5 Å². The van der Waals surface area contributed by atoms with Crippen molar-refractivity contribution in [2.75, 3.05) is 21.3 Å². The molecule has 0 aliphatic rings. The monoisotopic (exact) mass is 359 g/mol. The smallest absolute Gasteiger partial charge is 0.132 e. The molecule has 0 radical (unpaired) electrons. The van der Waals surface area contributed by atoms with Gasteiger partial charge in [-0.2, -0.15) is 5.26 Å². The Morgan fingerprint density at radius 2 is 0.815 bits per heavy atom. The molecule has 3 rings (SSSR count). The number of nitriles is 1. The standard InChI is InChI=1S/C23H21NO3/c1-25-20-10-4-17(5-11-20)23(16-24,18-6-12-21(26-2)13-7-18)19-8-14-22(27-3)15-9-19/h4-15H,1-3H3. The van der Waals surface area contributed by atoms with Gasteiger partial charge in [0.15, 0.2) is 0 Å². The third-order valence-corrected chi connectivity index (χ3v) is 4.74. The van der Waals surface area contributed by atoms with Crippen LogP contribution >= 0.6 is 0 Å². The molecule has 136 valence electrons. The molecule has 27 heavy (non-hydrogen) atoms. The average Bonchev–Trinajstić information content (AvgIpc) is 2.76. The maximum absolute atomic E-state index is 10.4. The summed E-state index contributed by atoms with van der Waals surface area (Å²) < 4.78 is 15.8. The van der Waals surface area contributed by atoms with Gasteiger partial charge in [-0.3, -0.25) is 0 Å². The van der Waals surface area contributed by atoms with Crippen LogP contribution in [0.3, 0.4) is 0 Å². The van der Waals surface area contributed by atoms with Crippen molar-refractivity contribution < 1.29 is 14.2 Å². The van der Waals surface area contributed by atoms with Crippen molar-refractivity contribution in [2.45, 2.75) is 5.41 Å². The molecule has 3 aromatic carbocycles. The van der Waals surface area contributed by atoms with Crippen LogP contribution in [0.25, 0.3) is 0 Å². The van der Waals surface area contributed by atoms with E-state index in [9.17, 15) is 5.26 Å². The fourth-order valence-electron chi connectivity index (χ4n) is 3.22. The Kier molecular flexibility index (Phi) is 5.33. The van der Waals surface area contributed by atoms with E-state index in [1.807, 2.05) is 72.8 Å². The summed E-state index contributed by atoms with van der Waals surface area (Å²) in [6, 6.07) is 25.3. The summed E-state index contributed by atoms with van der Waals surface area (Å²) >= 11 is 0. The first-order valence-electron chi connectivity index (χ1n) is 8.52. The lowest BCUT2D eigenvalue weighted by Gasteiger charge is -2.29. The molecule has 0 aromatic heterocycles. The number of methoxy groups -OCH3 is 3. The minimum absolute atomic E-state index is 0.745. The molecule has 0 atom stereocenters. The molecule has 0 amide bonds. The highest BCUT2D eigenvalue weighted by atomic mass is 16.5. The first kappa shape index (κ1) is 18.3. The molecule has 4 nitrogen and oxygen atoms in total. The van der Waals surface area contributed by atoms with Gasteiger partial charge in [0.05, 0.1) is 27.4 Å². The lowest BCUT2D eigenvalue weighted by atomic mass is 9.70. The van der Waals surface area contributed by atoms with Gasteiger partial charge in [-0.25, -0.2) is 0 Å². The lowest BCUT2D eigenvalue weighted by molar-refractivity contribution is 0.414. The second-order valence-corrected chi connectivity index (χ2v) is 6.05. The molecular weight excluding hydrogens is 338 g/mol. The fraction of sp³-hybridized carbons (Fsp3) is 0.174. The van der Waals surface area contributed by atoms with Gasteiger partial charge >= 0.3 is 0 Å². The van der Waals surface area contributed by atoms with Crippen LogP contribution in [0.5, 0.6) is 17.2 Å². The van der Waals surface area contributed by atoms with E-state index in [1.165, 1.54) is 0 Å². The molecule has 0 heterocycles. The van der Waals surface area contributed by atoms with E-state index in [2.05, 4.69) is 6.07 Å². The minimum Gasteiger partial charge on any atom is -0.497 e. The van der Waals surface area contributed by atoms with Gasteiger partial charge in [-0.15, -0.1) is 0 Å². The minimum atomic E-state index is -0.967. The summed E-state index contributed by atoms with van der Waals surface area (Å²) in [7, 11) is 4.87. The van der Waals surface area contributed by atoms with E-state index in [0.29, 0.717) is 0 Å². The first-order chi connectivity index (χ1) is 13.2. The third kappa shape index (κ3) is 3.32. The predicted octanol–water partition coefficient (Wildman–Crippen LogP) is 4.57. The zero-order valence-corrected chi connectivity index (χ0v) is 15.6. The van der Waals surface area contributed by atoms with Crippen molar-refractivity contribution in [3.63, 3.8) is 0 Å². The summed E-state index contributed by atoms with van der Waals surface area (Å²) in [5, 5.41) is 10.4. The molecule has 0 saturated heterocycles. The Balaban J connectivity index is 2.23. The van der Waals surface area contributed by atoms with Crippen molar-refractivity contribution in [3.05, 3.63) is 89.5 Å². The highest BCUT2D eigenvalue weighted by Gasteiger charge is 2.37. The number of ether oxygens (including phenoxy) is 3. The van der Waals surface area contributed by atoms with E-state index in [4.69, 9.17) is 14.2 Å². The zero-order valence-electron chi connectivity index (χ0n) is 15.6. The Morgan fingerprint density at radius 3 is 1.00 bits per heavy atom. The van der Waals surface area contributed by atoms with Gasteiger partial charge in [0, 0.05) is 0 Å². The third-order valence-electron chi connectivity index (χ3n) is 4.74. The van der Waals surface area contributed by atoms with E-state index in [0.717, 1.165) is 33.9 Å². The van der Waals surface area contributed by atoms with Crippen LogP contribution in [0, 0.1) is 11.3 Å². The van der Waals surface area contributed by atoms with Gasteiger partial charge in [0.2, 0.25) is 0 Å². The van der Waals surface area contributed by atoms with Crippen molar-refractivity contribution in [3.8, 4) is 23.3 Å². The first-order valence-corrected chi connectivity index (χ1v) is 8.52. The van der Waals surface area contributed by atoms with Gasteiger partial charge in [-0.1, -0.05) is 36.4 Å². The van der Waals surface area contributed by atoms with Crippen LogP contribution in [-0.2, 0) is 5.41 Å². The molecule has 0 N–H and O–H groups in total. The summed E-state index contributed by atoms with van der Waals surface area (Å²) in [4.78, 5) is 0. The maximum Gasteiger partial charge on any atom is 0.132 e. The Hall–Kier alpha value is -3.45. The van der Waals surface area contributed by atoms with Crippen LogP contribution < -0.4 is 14.2 Å². The zero-order chi connectivity index (χ0) is 19.3. The highest BCUT2D eigenvalue weighted by molar-refractivity contribution is 5.58. The van der Waals surface area contributed by atoms with E-state index in [-0.39, 0.29) is 0 Å². The quantitative estimate of drug-likeness (QED) is 0.605. The molecule has 0 fully saturated rings. The number of hydrogen-bond acceptors (Lipinski definition) is 4. The number of rotatable bonds is 6. The van der Waals surface area contributed by atoms with Crippen molar-refractivity contribution in [1.29, 1.82) is 5.26 Å². The fourth-order valence-corrected chi connectivity index (χ4v) is 3.22. The van der Waals surface area contributed by atoms with Crippen LogP contribution in [0.4, 0.5) is 0 Å². The van der Waals surface area contributed by atoms with Crippen molar-refractivity contribution in [2.24, 2.45) is 0 Å². The van der Waals surface area contributed by atoms with Crippen LogP contribution in [0.1, 0.15) is 16.7 Å². The summed E-state index contributed by atoms with van der Waals surface area (Å²) in [6.07, 6.45) is 0. The highest BCUT2D eigenvalue weighted by Crippen LogP contribution is 2.40. The van der Waals surface area contributed by atoms with Crippen LogP contribution in [-0.4, -0.2) is 21.3 Å². The van der Waals surface area contributed by atoms with E-state index < -0.39 is 5.41 Å². The number of hydrogen-bond donors (Lipinski definition) is 0. The normalized spacial score (nSPS) is 10.7. The molecular formula is C23H21NO3. The predicted molar refractivity (Wildman–Crippen MR) is 104 cm³/mol. The van der Waals surface area contributed by atoms with Gasteiger partial charge in [0.25, 0.3) is 0 Å². The van der Waals surface area contributed by atoms with Gasteiger partial charge in [0.1, 0.15) is 22.7 Å². The Bertz CT molecular complexity index is 808. The second-order valence-electron chi connectivity index (χ2n) is 6.05. The summed E-state index contributed by atoms with van der Waals surface area (Å²) in [6.45, 7) is 0. The number of nitrogens with zero attached hydrogens (tertiary/aromatic N) is 1. The molecule has 0 bridgehead atoms. The largest absolute Gasteiger partial charge is 0.497 e. The van der Waals surface area contributed by atoms with Crippen molar-refractivity contribution >= 4 is 0 Å². The average molecular weight is 359 g/mol. The molecule has 0 unspecified atom stereocenters. The second kappa shape index (κ2) is 7.84. The number of benzene rings is 3. The molecule has 4 heteroatoms. The Morgan fingerprint density at radius 1 is 0.556 bits per heavy atom. The van der Waals surface area contributed by atoms with E-state index in [1.54, 1.807) is 21.3 Å². The molecule has 0 aliphatic carbocycles. The molecule has 3 aromatic rings. The van der Waals surface area contributed by atoms with Gasteiger partial charge in [-0.05, 0) is 53.1 Å². The summed E-state index contributed by atoms with van der Waals surface area (Å²) in [5.74, 6) is 2.24. The van der Waals surface area contributed by atoms with Gasteiger partial charge < -0.3 is 14.2 Å². The molecule has 0 saturated carbocycles. The van der Waals surface area contributed by atoms with Crippen molar-refractivity contribution in [1.82, 2.24) is 0 Å². The molecule has 0 aliphatic heterocycles. The van der Waals surface area contributed by atoms with Crippen LogP contribution in [0.15, 0.2) is 72.8 Å². The summed E-state index contributed by atoms with van der Waals surface area (Å²) in [5.41, 5.74) is 1.62. The maximum atomic E-state index is 10.4. The van der Waals surface area contributed by atoms with Crippen LogP contribution in [0.2, 0.25) is 0 Å². The molecule has 0 spiro atoms. The Labute approximate surface area is 159 Å². The SMILES string of the molecule is COc1ccc(C(C#N)(c2ccc(OC)cc2)c2ccc(OC)cc2)cc1. The van der Waals surface area contributed by atoms with E-state index >= 15 is 0 Å². The lowest BCUT2D eigenvalue weighted by Crippen LogP contribution is -2.27.